The van der Waals surface area contributed by atoms with E-state index in [9.17, 15) is 0 Å². The molecule has 21 heavy (non-hydrogen) atoms. The number of piperidine rings is 1. The van der Waals surface area contributed by atoms with Crippen LogP contribution in [0.2, 0.25) is 0 Å². The van der Waals surface area contributed by atoms with Gasteiger partial charge in [0.15, 0.2) is 0 Å². The van der Waals surface area contributed by atoms with Gasteiger partial charge in [-0.25, -0.2) is 0 Å². The molecule has 0 radical (unpaired) electrons. The number of hydrogen-bond acceptors (Lipinski definition) is 5. The minimum atomic E-state index is 0.349. The molecule has 0 saturated carbocycles. The van der Waals surface area contributed by atoms with Crippen LogP contribution in [-0.4, -0.2) is 68.4 Å². The number of morpholine rings is 1. The van der Waals surface area contributed by atoms with E-state index in [-0.39, 0.29) is 0 Å². The largest absolute Gasteiger partial charge is 0.374 e. The number of hydrogen-bond donors (Lipinski definition) is 1. The first-order chi connectivity index (χ1) is 10.3. The van der Waals surface area contributed by atoms with Gasteiger partial charge in [-0.15, -0.1) is 0 Å². The molecule has 5 nitrogen and oxygen atoms in total. The van der Waals surface area contributed by atoms with Crippen molar-refractivity contribution in [3.05, 3.63) is 24.5 Å². The molecule has 2 aliphatic rings. The molecule has 3 rings (SSSR count). The fourth-order valence-corrected chi connectivity index (χ4v) is 3.19. The lowest BCUT2D eigenvalue weighted by Crippen LogP contribution is -2.49. The van der Waals surface area contributed by atoms with E-state index in [1.54, 1.807) is 0 Å². The fraction of sp³-hybridized carbons (Fsp3) is 0.688. The highest BCUT2D eigenvalue weighted by Crippen LogP contribution is 2.19. The number of ether oxygens (including phenoxy) is 1. The Labute approximate surface area is 127 Å². The molecule has 2 saturated heterocycles. The monoisotopic (exact) mass is 290 g/mol. The molecule has 0 aromatic carbocycles. The van der Waals surface area contributed by atoms with Crippen LogP contribution in [0.3, 0.4) is 0 Å². The second kappa shape index (κ2) is 7.20. The van der Waals surface area contributed by atoms with Crippen LogP contribution in [0.5, 0.6) is 0 Å². The SMILES string of the molecule is CN1CCOC(CNC2CCN(c3ccncc3)CC2)C1. The summed E-state index contributed by atoms with van der Waals surface area (Å²) in [5.74, 6) is 0. The third-order valence-corrected chi connectivity index (χ3v) is 4.50. The molecular formula is C16H26N4O. The van der Waals surface area contributed by atoms with Crippen LogP contribution in [0.1, 0.15) is 12.8 Å². The first-order valence-corrected chi connectivity index (χ1v) is 8.00. The summed E-state index contributed by atoms with van der Waals surface area (Å²) in [6.07, 6.45) is 6.49. The Kier molecular flexibility index (Phi) is 5.06. The van der Waals surface area contributed by atoms with E-state index in [4.69, 9.17) is 4.74 Å². The highest BCUT2D eigenvalue weighted by Gasteiger charge is 2.22. The number of rotatable bonds is 4. The van der Waals surface area contributed by atoms with Gasteiger partial charge in [-0.1, -0.05) is 0 Å². The summed E-state index contributed by atoms with van der Waals surface area (Å²) in [4.78, 5) is 8.88. The van der Waals surface area contributed by atoms with Crippen molar-refractivity contribution < 1.29 is 4.74 Å². The molecule has 1 aromatic heterocycles. The van der Waals surface area contributed by atoms with Crippen molar-refractivity contribution in [2.75, 3.05) is 51.3 Å². The van der Waals surface area contributed by atoms with Crippen LogP contribution in [-0.2, 0) is 4.74 Å². The van der Waals surface area contributed by atoms with Gasteiger partial charge in [0.25, 0.3) is 0 Å². The van der Waals surface area contributed by atoms with E-state index in [1.165, 1.54) is 18.5 Å². The van der Waals surface area contributed by atoms with Crippen LogP contribution in [0.4, 0.5) is 5.69 Å². The first-order valence-electron chi connectivity index (χ1n) is 8.00. The molecule has 1 N–H and O–H groups in total. The molecular weight excluding hydrogens is 264 g/mol. The summed E-state index contributed by atoms with van der Waals surface area (Å²) in [7, 11) is 2.17. The minimum Gasteiger partial charge on any atom is -0.374 e. The maximum absolute atomic E-state index is 5.81. The van der Waals surface area contributed by atoms with Gasteiger partial charge in [0, 0.05) is 56.8 Å². The van der Waals surface area contributed by atoms with E-state index >= 15 is 0 Å². The molecule has 1 unspecified atom stereocenters. The van der Waals surface area contributed by atoms with Crippen molar-refractivity contribution in [3.8, 4) is 0 Å². The summed E-state index contributed by atoms with van der Waals surface area (Å²) >= 11 is 0. The number of nitrogens with zero attached hydrogens (tertiary/aromatic N) is 3. The Hall–Kier alpha value is -1.17. The second-order valence-electron chi connectivity index (χ2n) is 6.13. The van der Waals surface area contributed by atoms with Crippen LogP contribution in [0, 0.1) is 0 Å². The Morgan fingerprint density at radius 3 is 2.71 bits per heavy atom. The topological polar surface area (TPSA) is 40.6 Å². The van der Waals surface area contributed by atoms with Crippen LogP contribution < -0.4 is 10.2 Å². The first kappa shape index (κ1) is 14.8. The molecule has 0 spiro atoms. The Morgan fingerprint density at radius 1 is 1.24 bits per heavy atom. The number of pyridine rings is 1. The second-order valence-corrected chi connectivity index (χ2v) is 6.13. The maximum atomic E-state index is 5.81. The molecule has 2 aliphatic heterocycles. The van der Waals surface area contributed by atoms with Crippen molar-refractivity contribution in [1.29, 1.82) is 0 Å². The lowest BCUT2D eigenvalue weighted by atomic mass is 10.0. The molecule has 1 aromatic rings. The van der Waals surface area contributed by atoms with Crippen LogP contribution >= 0.6 is 0 Å². The van der Waals surface area contributed by atoms with E-state index in [2.05, 4.69) is 39.3 Å². The van der Waals surface area contributed by atoms with Gasteiger partial charge in [0.05, 0.1) is 12.7 Å². The van der Waals surface area contributed by atoms with Gasteiger partial charge in [0.1, 0.15) is 0 Å². The van der Waals surface area contributed by atoms with Gasteiger partial charge in [-0.2, -0.15) is 0 Å². The highest BCUT2D eigenvalue weighted by atomic mass is 16.5. The predicted octanol–water partition coefficient (Wildman–Crippen LogP) is 0.971. The predicted molar refractivity (Wildman–Crippen MR) is 84.7 cm³/mol. The zero-order chi connectivity index (χ0) is 14.5. The lowest BCUT2D eigenvalue weighted by Gasteiger charge is -2.36. The van der Waals surface area contributed by atoms with Gasteiger partial charge in [0.2, 0.25) is 0 Å². The smallest absolute Gasteiger partial charge is 0.0826 e. The number of aromatic nitrogens is 1. The third-order valence-electron chi connectivity index (χ3n) is 4.50. The average molecular weight is 290 g/mol. The molecule has 0 bridgehead atoms. The summed E-state index contributed by atoms with van der Waals surface area (Å²) in [5, 5.41) is 3.69. The summed E-state index contributed by atoms with van der Waals surface area (Å²) in [6.45, 7) is 6.18. The van der Waals surface area contributed by atoms with E-state index < -0.39 is 0 Å². The zero-order valence-electron chi connectivity index (χ0n) is 12.9. The molecule has 5 heteroatoms. The molecule has 0 aliphatic carbocycles. The van der Waals surface area contributed by atoms with E-state index in [1.807, 2.05) is 12.4 Å². The van der Waals surface area contributed by atoms with Gasteiger partial charge in [-0.3, -0.25) is 4.98 Å². The van der Waals surface area contributed by atoms with E-state index in [0.29, 0.717) is 12.1 Å². The Balaban J connectivity index is 1.40. The Morgan fingerprint density at radius 2 is 2.00 bits per heavy atom. The molecule has 116 valence electrons. The molecule has 0 amide bonds. The van der Waals surface area contributed by atoms with Crippen LogP contribution in [0.15, 0.2) is 24.5 Å². The van der Waals surface area contributed by atoms with Crippen LogP contribution in [0.25, 0.3) is 0 Å². The highest BCUT2D eigenvalue weighted by molar-refractivity contribution is 5.44. The van der Waals surface area contributed by atoms with Gasteiger partial charge >= 0.3 is 0 Å². The standard InChI is InChI=1S/C16H26N4O/c1-19-10-11-21-16(13-19)12-18-14-4-8-20(9-5-14)15-2-6-17-7-3-15/h2-3,6-7,14,16,18H,4-5,8-13H2,1H3. The van der Waals surface area contributed by atoms with Gasteiger partial charge < -0.3 is 19.9 Å². The normalized spacial score (nSPS) is 25.2. The van der Waals surface area contributed by atoms with Crippen molar-refractivity contribution in [3.63, 3.8) is 0 Å². The minimum absolute atomic E-state index is 0.349. The zero-order valence-corrected chi connectivity index (χ0v) is 12.9. The van der Waals surface area contributed by atoms with Crippen molar-refractivity contribution in [2.45, 2.75) is 25.0 Å². The number of nitrogens with one attached hydrogen (secondary N) is 1. The fourth-order valence-electron chi connectivity index (χ4n) is 3.19. The summed E-state index contributed by atoms with van der Waals surface area (Å²) in [6, 6.07) is 4.82. The quantitative estimate of drug-likeness (QED) is 0.895. The molecule has 3 heterocycles. The summed E-state index contributed by atoms with van der Waals surface area (Å²) in [5.41, 5.74) is 1.29. The average Bonchev–Trinajstić information content (AvgIpc) is 2.54. The maximum Gasteiger partial charge on any atom is 0.0826 e. The van der Waals surface area contributed by atoms with Crippen molar-refractivity contribution in [2.24, 2.45) is 0 Å². The number of likely N-dealkylation sites (N-methyl/N-ethyl adjacent to an activating group) is 1. The summed E-state index contributed by atoms with van der Waals surface area (Å²) < 4.78 is 5.81. The Bertz CT molecular complexity index is 420. The van der Waals surface area contributed by atoms with Gasteiger partial charge in [-0.05, 0) is 32.0 Å². The van der Waals surface area contributed by atoms with E-state index in [0.717, 1.165) is 39.3 Å². The molecule has 2 fully saturated rings. The van der Waals surface area contributed by atoms with Crippen molar-refractivity contribution in [1.82, 2.24) is 15.2 Å². The number of anilines is 1. The third kappa shape index (κ3) is 4.15. The van der Waals surface area contributed by atoms with Crippen molar-refractivity contribution >= 4 is 5.69 Å². The lowest BCUT2D eigenvalue weighted by molar-refractivity contribution is -0.0195. The molecule has 1 atom stereocenters.